The lowest BCUT2D eigenvalue weighted by Crippen LogP contribution is -2.28. The molecule has 2 aliphatic carbocycles. The van der Waals surface area contributed by atoms with E-state index in [4.69, 9.17) is 4.74 Å². The second kappa shape index (κ2) is 7.26. The largest absolute Gasteiger partial charge is 0.488 e. The monoisotopic (exact) mass is 450 g/mol. The number of allylic oxidation sites excluding steroid dienone is 2. The summed E-state index contributed by atoms with van der Waals surface area (Å²) in [7, 11) is 0. The first-order valence-corrected chi connectivity index (χ1v) is 10.5. The van der Waals surface area contributed by atoms with E-state index in [1.54, 1.807) is 6.21 Å². The van der Waals surface area contributed by atoms with Gasteiger partial charge in [-0.15, -0.1) is 0 Å². The van der Waals surface area contributed by atoms with Crippen LogP contribution < -0.4 is 4.74 Å². The van der Waals surface area contributed by atoms with E-state index in [1.165, 1.54) is 0 Å². The second-order valence-corrected chi connectivity index (χ2v) is 8.60. The quantitative estimate of drug-likeness (QED) is 0.390. The molecule has 2 fully saturated rings. The molecule has 0 radical (unpaired) electrons. The highest BCUT2D eigenvalue weighted by molar-refractivity contribution is 9.10. The van der Waals surface area contributed by atoms with Crippen molar-refractivity contribution in [3.8, 4) is 5.75 Å². The third kappa shape index (κ3) is 3.21. The molecule has 146 valence electrons. The molecule has 3 aliphatic rings. The number of carbonyl (C=O) groups is 2. The summed E-state index contributed by atoms with van der Waals surface area (Å²) in [4.78, 5) is 25.5. The minimum absolute atomic E-state index is 0.179. The van der Waals surface area contributed by atoms with E-state index in [2.05, 4.69) is 33.2 Å². The number of nitrogens with zero attached hydrogens (tertiary/aromatic N) is 2. The molecule has 2 aromatic carbocycles. The Morgan fingerprint density at radius 3 is 2.34 bits per heavy atom. The molecular formula is C23H19BrN2O3. The lowest BCUT2D eigenvalue weighted by molar-refractivity contribution is -0.140. The van der Waals surface area contributed by atoms with Crippen LogP contribution in [0.4, 0.5) is 0 Å². The number of carbonyl (C=O) groups excluding carboxylic acids is 2. The van der Waals surface area contributed by atoms with Gasteiger partial charge in [-0.05, 0) is 48.1 Å². The van der Waals surface area contributed by atoms with Crippen molar-refractivity contribution in [2.24, 2.45) is 28.8 Å². The summed E-state index contributed by atoms with van der Waals surface area (Å²) in [5.74, 6) is 0.186. The molecule has 0 spiro atoms. The van der Waals surface area contributed by atoms with E-state index in [9.17, 15) is 9.59 Å². The molecule has 6 heteroatoms. The number of benzene rings is 2. The second-order valence-electron chi connectivity index (χ2n) is 7.69. The first kappa shape index (κ1) is 18.3. The summed E-state index contributed by atoms with van der Waals surface area (Å²) in [6, 6.07) is 15.4. The van der Waals surface area contributed by atoms with Crippen molar-refractivity contribution in [2.45, 2.75) is 13.0 Å². The van der Waals surface area contributed by atoms with Crippen LogP contribution in [0.1, 0.15) is 17.5 Å². The molecule has 1 saturated carbocycles. The first-order chi connectivity index (χ1) is 14.1. The molecule has 2 aromatic rings. The fourth-order valence-electron chi connectivity index (χ4n) is 4.58. The molecular weight excluding hydrogens is 432 g/mol. The maximum atomic E-state index is 12.8. The topological polar surface area (TPSA) is 59.0 Å². The lowest BCUT2D eigenvalue weighted by atomic mass is 9.85. The van der Waals surface area contributed by atoms with Crippen LogP contribution in [0.2, 0.25) is 0 Å². The summed E-state index contributed by atoms with van der Waals surface area (Å²) in [6.45, 7) is 0.416. The van der Waals surface area contributed by atoms with Crippen LogP contribution in [-0.2, 0) is 16.2 Å². The SMILES string of the molecule is O=C1[C@@H]2[C@H](C(=O)N1/N=C\c1ccccc1OCc1ccc(Br)cc1)[C@H]1C=C[C@@H]2C1. The number of para-hydroxylation sites is 1. The van der Waals surface area contributed by atoms with Gasteiger partial charge in [-0.2, -0.15) is 10.1 Å². The van der Waals surface area contributed by atoms with Gasteiger partial charge in [-0.25, -0.2) is 0 Å². The Labute approximate surface area is 177 Å². The van der Waals surface area contributed by atoms with Crippen LogP contribution in [0, 0.1) is 23.7 Å². The van der Waals surface area contributed by atoms with E-state index in [1.807, 2.05) is 48.5 Å². The minimum Gasteiger partial charge on any atom is -0.488 e. The zero-order valence-corrected chi connectivity index (χ0v) is 17.2. The number of imide groups is 1. The van der Waals surface area contributed by atoms with E-state index < -0.39 is 0 Å². The standard InChI is InChI=1S/C23H19BrN2O3/c24-18-9-5-14(6-10-18)13-29-19-4-2-1-3-17(19)12-25-26-22(27)20-15-7-8-16(11-15)21(20)23(26)28/h1-10,12,15-16,20-21H,11,13H2/b25-12-/t15-,16+,20+,21-. The van der Waals surface area contributed by atoms with Gasteiger partial charge in [-0.1, -0.05) is 52.3 Å². The summed E-state index contributed by atoms with van der Waals surface area (Å²) < 4.78 is 6.96. The van der Waals surface area contributed by atoms with Gasteiger partial charge in [0.25, 0.3) is 11.8 Å². The molecule has 4 atom stereocenters. The summed E-state index contributed by atoms with van der Waals surface area (Å²) in [5, 5.41) is 5.32. The molecule has 1 heterocycles. The first-order valence-electron chi connectivity index (χ1n) is 9.68. The predicted molar refractivity (Wildman–Crippen MR) is 112 cm³/mol. The number of amides is 2. The van der Waals surface area contributed by atoms with Crippen LogP contribution in [0.25, 0.3) is 0 Å². The molecule has 2 amide bonds. The molecule has 1 aliphatic heterocycles. The maximum absolute atomic E-state index is 12.8. The van der Waals surface area contributed by atoms with Crippen LogP contribution in [-0.4, -0.2) is 23.0 Å². The fourth-order valence-corrected chi connectivity index (χ4v) is 4.85. The third-order valence-corrected chi connectivity index (χ3v) is 6.51. The molecule has 29 heavy (non-hydrogen) atoms. The maximum Gasteiger partial charge on any atom is 0.254 e. The number of rotatable bonds is 5. The van der Waals surface area contributed by atoms with Crippen molar-refractivity contribution in [3.63, 3.8) is 0 Å². The molecule has 1 saturated heterocycles. The van der Waals surface area contributed by atoms with Gasteiger partial charge in [-0.3, -0.25) is 9.59 Å². The van der Waals surface area contributed by atoms with Crippen molar-refractivity contribution < 1.29 is 14.3 Å². The molecule has 0 aromatic heterocycles. The van der Waals surface area contributed by atoms with Crippen LogP contribution in [0.5, 0.6) is 5.75 Å². The van der Waals surface area contributed by atoms with Crippen molar-refractivity contribution in [1.82, 2.24) is 5.01 Å². The van der Waals surface area contributed by atoms with Gasteiger partial charge >= 0.3 is 0 Å². The zero-order chi connectivity index (χ0) is 20.0. The van der Waals surface area contributed by atoms with Gasteiger partial charge in [0.1, 0.15) is 12.4 Å². The highest BCUT2D eigenvalue weighted by Crippen LogP contribution is 2.52. The predicted octanol–water partition coefficient (Wildman–Crippen LogP) is 4.17. The highest BCUT2D eigenvalue weighted by Gasteiger charge is 2.59. The Morgan fingerprint density at radius 1 is 1.00 bits per heavy atom. The molecule has 5 nitrogen and oxygen atoms in total. The normalized spacial score (nSPS) is 27.3. The van der Waals surface area contributed by atoms with Crippen LogP contribution >= 0.6 is 15.9 Å². The summed E-state index contributed by atoms with van der Waals surface area (Å²) in [6.07, 6.45) is 6.62. The van der Waals surface area contributed by atoms with Crippen molar-refractivity contribution >= 4 is 34.0 Å². The molecule has 5 rings (SSSR count). The Morgan fingerprint density at radius 2 is 1.66 bits per heavy atom. The average molecular weight is 451 g/mol. The highest BCUT2D eigenvalue weighted by atomic mass is 79.9. The lowest BCUT2D eigenvalue weighted by Gasteiger charge is -2.13. The number of hydrogen-bond donors (Lipinski definition) is 0. The molecule has 2 bridgehead atoms. The smallest absolute Gasteiger partial charge is 0.254 e. The van der Waals surface area contributed by atoms with E-state index >= 15 is 0 Å². The van der Waals surface area contributed by atoms with Gasteiger partial charge in [0.05, 0.1) is 18.1 Å². The van der Waals surface area contributed by atoms with E-state index in [0.717, 1.165) is 27.0 Å². The number of hydrazone groups is 1. The van der Waals surface area contributed by atoms with Crippen molar-refractivity contribution in [3.05, 3.63) is 76.3 Å². The van der Waals surface area contributed by atoms with Crippen LogP contribution in [0.15, 0.2) is 70.3 Å². The average Bonchev–Trinajstić information content (AvgIpc) is 3.41. The molecule has 0 unspecified atom stereocenters. The number of halogens is 1. The minimum atomic E-state index is -0.237. The zero-order valence-electron chi connectivity index (χ0n) is 15.6. The Kier molecular flexibility index (Phi) is 4.59. The number of ether oxygens (including phenoxy) is 1. The van der Waals surface area contributed by atoms with E-state index in [-0.39, 0.29) is 35.5 Å². The third-order valence-electron chi connectivity index (χ3n) is 5.99. The Hall–Kier alpha value is -2.73. The van der Waals surface area contributed by atoms with Crippen molar-refractivity contribution in [1.29, 1.82) is 0 Å². The fraction of sp³-hybridized carbons (Fsp3) is 0.261. The van der Waals surface area contributed by atoms with Crippen LogP contribution in [0.3, 0.4) is 0 Å². The van der Waals surface area contributed by atoms with Gasteiger partial charge in [0, 0.05) is 10.0 Å². The van der Waals surface area contributed by atoms with Gasteiger partial charge < -0.3 is 4.74 Å². The summed E-state index contributed by atoms with van der Waals surface area (Å²) in [5.41, 5.74) is 1.77. The number of fused-ring (bicyclic) bond motifs is 5. The van der Waals surface area contributed by atoms with E-state index in [0.29, 0.717) is 12.4 Å². The van der Waals surface area contributed by atoms with Crippen molar-refractivity contribution in [2.75, 3.05) is 0 Å². The molecule has 0 N–H and O–H groups in total. The Balaban J connectivity index is 1.32. The number of hydrogen-bond acceptors (Lipinski definition) is 4. The van der Waals surface area contributed by atoms with Gasteiger partial charge in [0.15, 0.2) is 0 Å². The Bertz CT molecular complexity index is 1000. The van der Waals surface area contributed by atoms with Gasteiger partial charge in [0.2, 0.25) is 0 Å². The summed E-state index contributed by atoms with van der Waals surface area (Å²) >= 11 is 3.42.